The third-order valence-corrected chi connectivity index (χ3v) is 6.35. The van der Waals surface area contributed by atoms with Crippen LogP contribution in [0.3, 0.4) is 0 Å². The van der Waals surface area contributed by atoms with E-state index in [4.69, 9.17) is 4.74 Å². The molecule has 1 amide bonds. The number of aliphatic carboxylic acids is 1. The van der Waals surface area contributed by atoms with Crippen LogP contribution in [0.5, 0.6) is 0 Å². The Bertz CT molecular complexity index is 727. The molecule has 0 spiro atoms. The molecule has 0 unspecified atom stereocenters. The van der Waals surface area contributed by atoms with Crippen molar-refractivity contribution in [1.82, 2.24) is 4.90 Å². The first-order chi connectivity index (χ1) is 12.5. The minimum Gasteiger partial charge on any atom is -0.481 e. The number of piperazine rings is 1. The lowest BCUT2D eigenvalue weighted by molar-refractivity contribution is -0.151. The van der Waals surface area contributed by atoms with Crippen LogP contribution in [0.2, 0.25) is 0 Å². The lowest BCUT2D eigenvalue weighted by atomic mass is 9.78. The van der Waals surface area contributed by atoms with Crippen LogP contribution in [0.1, 0.15) is 24.0 Å². The molecule has 4 atom stereocenters. The Hall–Kier alpha value is -2.08. The molecule has 0 saturated carbocycles. The molecule has 4 rings (SSSR count). The summed E-state index contributed by atoms with van der Waals surface area (Å²) in [6.45, 7) is 7.05. The van der Waals surface area contributed by atoms with Gasteiger partial charge in [-0.05, 0) is 43.9 Å². The van der Waals surface area contributed by atoms with Crippen LogP contribution in [-0.4, -0.2) is 60.3 Å². The third kappa shape index (κ3) is 2.76. The molecule has 0 aliphatic carbocycles. The smallest absolute Gasteiger partial charge is 0.310 e. The molecule has 6 heteroatoms. The van der Waals surface area contributed by atoms with Crippen LogP contribution in [0, 0.1) is 25.7 Å². The number of carboxylic acids is 1. The first-order valence-corrected chi connectivity index (χ1v) is 9.45. The molecule has 1 aromatic carbocycles. The number of carbonyl (C=O) groups is 2. The molecule has 26 heavy (non-hydrogen) atoms. The van der Waals surface area contributed by atoms with Crippen molar-refractivity contribution in [2.45, 2.75) is 38.9 Å². The second-order valence-electron chi connectivity index (χ2n) is 7.71. The molecule has 3 aliphatic rings. The van der Waals surface area contributed by atoms with Gasteiger partial charge in [0.2, 0.25) is 5.91 Å². The van der Waals surface area contributed by atoms with E-state index in [1.807, 2.05) is 4.90 Å². The summed E-state index contributed by atoms with van der Waals surface area (Å²) in [7, 11) is 0. The molecular formula is C20H26N2O4. The zero-order chi connectivity index (χ0) is 18.4. The number of anilines is 1. The largest absolute Gasteiger partial charge is 0.481 e. The van der Waals surface area contributed by atoms with Gasteiger partial charge < -0.3 is 19.6 Å². The normalized spacial score (nSPS) is 30.7. The van der Waals surface area contributed by atoms with E-state index in [0.29, 0.717) is 13.1 Å². The van der Waals surface area contributed by atoms with Crippen molar-refractivity contribution in [2.75, 3.05) is 31.1 Å². The molecule has 3 heterocycles. The van der Waals surface area contributed by atoms with Crippen molar-refractivity contribution >= 4 is 17.6 Å². The average molecular weight is 358 g/mol. The van der Waals surface area contributed by atoms with E-state index in [2.05, 4.69) is 36.9 Å². The van der Waals surface area contributed by atoms with Crippen molar-refractivity contribution in [3.63, 3.8) is 0 Å². The lowest BCUT2D eigenvalue weighted by Crippen LogP contribution is -2.53. The summed E-state index contributed by atoms with van der Waals surface area (Å²) in [4.78, 5) is 28.8. The van der Waals surface area contributed by atoms with Gasteiger partial charge in [-0.15, -0.1) is 0 Å². The van der Waals surface area contributed by atoms with Crippen molar-refractivity contribution < 1.29 is 19.4 Å². The highest BCUT2D eigenvalue weighted by Crippen LogP contribution is 2.44. The van der Waals surface area contributed by atoms with E-state index in [9.17, 15) is 14.7 Å². The van der Waals surface area contributed by atoms with E-state index >= 15 is 0 Å². The minimum absolute atomic E-state index is 0.0368. The van der Waals surface area contributed by atoms with Crippen LogP contribution in [0.15, 0.2) is 18.2 Å². The number of amides is 1. The second-order valence-corrected chi connectivity index (χ2v) is 7.71. The van der Waals surface area contributed by atoms with Crippen LogP contribution < -0.4 is 4.90 Å². The van der Waals surface area contributed by atoms with Gasteiger partial charge in [0.1, 0.15) is 0 Å². The molecular weight excluding hydrogens is 332 g/mol. The Morgan fingerprint density at radius 1 is 1.04 bits per heavy atom. The van der Waals surface area contributed by atoms with Crippen LogP contribution >= 0.6 is 0 Å². The second kappa shape index (κ2) is 6.58. The zero-order valence-electron chi connectivity index (χ0n) is 15.4. The third-order valence-electron chi connectivity index (χ3n) is 6.35. The Morgan fingerprint density at radius 2 is 1.69 bits per heavy atom. The fourth-order valence-corrected chi connectivity index (χ4v) is 4.76. The summed E-state index contributed by atoms with van der Waals surface area (Å²) in [5, 5.41) is 9.54. The molecule has 140 valence electrons. The Morgan fingerprint density at radius 3 is 2.35 bits per heavy atom. The predicted octanol–water partition coefficient (Wildman–Crippen LogP) is 1.83. The lowest BCUT2D eigenvalue weighted by Gasteiger charge is -2.39. The predicted molar refractivity (Wildman–Crippen MR) is 97.2 cm³/mol. The van der Waals surface area contributed by atoms with Gasteiger partial charge in [0.25, 0.3) is 0 Å². The first kappa shape index (κ1) is 17.3. The topological polar surface area (TPSA) is 70.1 Å². The Balaban J connectivity index is 1.44. The summed E-state index contributed by atoms with van der Waals surface area (Å²) in [5.74, 6) is -2.13. The van der Waals surface area contributed by atoms with E-state index in [0.717, 1.165) is 25.9 Å². The van der Waals surface area contributed by atoms with Crippen LogP contribution in [0.4, 0.5) is 5.69 Å². The minimum atomic E-state index is -0.899. The number of hydrogen-bond donors (Lipinski definition) is 1. The van der Waals surface area contributed by atoms with Gasteiger partial charge in [0, 0.05) is 31.9 Å². The van der Waals surface area contributed by atoms with Crippen molar-refractivity contribution in [3.05, 3.63) is 29.3 Å². The van der Waals surface area contributed by atoms with Crippen LogP contribution in [0.25, 0.3) is 0 Å². The maximum absolute atomic E-state index is 13.0. The number of fused-ring (bicyclic) bond motifs is 2. The number of nitrogens with zero attached hydrogens (tertiary/aromatic N) is 2. The van der Waals surface area contributed by atoms with Gasteiger partial charge in [0.05, 0.1) is 24.0 Å². The first-order valence-electron chi connectivity index (χ1n) is 9.45. The number of rotatable bonds is 3. The number of carboxylic acid groups (broad SMARTS) is 1. The van der Waals surface area contributed by atoms with E-state index in [1.165, 1.54) is 16.8 Å². The molecule has 1 N–H and O–H groups in total. The van der Waals surface area contributed by atoms with Gasteiger partial charge >= 0.3 is 5.97 Å². The molecule has 3 saturated heterocycles. The molecule has 3 aliphatic heterocycles. The van der Waals surface area contributed by atoms with E-state index in [1.54, 1.807) is 0 Å². The fraction of sp³-hybridized carbons (Fsp3) is 0.600. The molecule has 2 bridgehead atoms. The van der Waals surface area contributed by atoms with E-state index in [-0.39, 0.29) is 18.1 Å². The maximum Gasteiger partial charge on any atom is 0.310 e. The Labute approximate surface area is 153 Å². The summed E-state index contributed by atoms with van der Waals surface area (Å²) in [6, 6.07) is 6.31. The highest BCUT2D eigenvalue weighted by molar-refractivity contribution is 5.87. The quantitative estimate of drug-likeness (QED) is 0.893. The van der Waals surface area contributed by atoms with Gasteiger partial charge in [0.15, 0.2) is 0 Å². The number of aryl methyl sites for hydroxylation is 1. The number of ether oxygens (including phenoxy) is 1. The highest BCUT2D eigenvalue weighted by atomic mass is 16.5. The number of carbonyl (C=O) groups excluding carboxylic acids is 1. The summed E-state index contributed by atoms with van der Waals surface area (Å²) >= 11 is 0. The van der Waals surface area contributed by atoms with Gasteiger partial charge in [-0.1, -0.05) is 12.1 Å². The number of hydrogen-bond acceptors (Lipinski definition) is 4. The SMILES string of the molecule is Cc1cccc(N2CCN(C(=O)[C@@H]3[C@@H](C(=O)O)[C@H]4CC[C@H]3O4)CC2)c1C. The summed E-state index contributed by atoms with van der Waals surface area (Å²) < 4.78 is 5.75. The standard InChI is InChI=1S/C20H26N2O4/c1-12-4-3-5-14(13(12)2)21-8-10-22(11-9-21)19(23)17-15-6-7-16(26-15)18(17)20(24)25/h3-5,15-18H,6-11H2,1-2H3,(H,24,25)/t15-,16-,17+,18+/m1/s1. The molecule has 6 nitrogen and oxygen atoms in total. The van der Waals surface area contributed by atoms with E-state index < -0.39 is 17.8 Å². The Kier molecular flexibility index (Phi) is 4.39. The molecule has 1 aromatic rings. The molecule has 0 radical (unpaired) electrons. The fourth-order valence-electron chi connectivity index (χ4n) is 4.76. The van der Waals surface area contributed by atoms with Gasteiger partial charge in [-0.25, -0.2) is 0 Å². The van der Waals surface area contributed by atoms with Crippen LogP contribution in [-0.2, 0) is 14.3 Å². The van der Waals surface area contributed by atoms with Crippen molar-refractivity contribution in [2.24, 2.45) is 11.8 Å². The maximum atomic E-state index is 13.0. The zero-order valence-corrected chi connectivity index (χ0v) is 15.4. The monoisotopic (exact) mass is 358 g/mol. The number of benzene rings is 1. The van der Waals surface area contributed by atoms with Crippen molar-refractivity contribution in [3.8, 4) is 0 Å². The molecule has 3 fully saturated rings. The van der Waals surface area contributed by atoms with Crippen molar-refractivity contribution in [1.29, 1.82) is 0 Å². The highest BCUT2D eigenvalue weighted by Gasteiger charge is 2.56. The average Bonchev–Trinajstić information content (AvgIpc) is 3.25. The summed E-state index contributed by atoms with van der Waals surface area (Å²) in [6.07, 6.45) is 1.05. The summed E-state index contributed by atoms with van der Waals surface area (Å²) in [5.41, 5.74) is 3.77. The van der Waals surface area contributed by atoms with Gasteiger partial charge in [-0.2, -0.15) is 0 Å². The van der Waals surface area contributed by atoms with Gasteiger partial charge in [-0.3, -0.25) is 9.59 Å². The molecule has 0 aromatic heterocycles.